The SMILES string of the molecule is O=C(NC[C@@H]1CCCO1)[C@@H](c1ccccc1)N(Cc1ccc(Cl)cc1)C(=O)COc1ccccc1. The van der Waals surface area contributed by atoms with Gasteiger partial charge in [-0.05, 0) is 48.2 Å². The van der Waals surface area contributed by atoms with Crippen LogP contribution in [0, 0.1) is 0 Å². The van der Waals surface area contributed by atoms with Gasteiger partial charge in [0.2, 0.25) is 5.91 Å². The van der Waals surface area contributed by atoms with Gasteiger partial charge in [0.25, 0.3) is 5.91 Å². The van der Waals surface area contributed by atoms with E-state index in [1.54, 1.807) is 29.2 Å². The Hall–Kier alpha value is -3.35. The lowest BCUT2D eigenvalue weighted by molar-refractivity contribution is -0.143. The number of hydrogen-bond donors (Lipinski definition) is 1. The molecular formula is C28H29ClN2O4. The molecule has 1 saturated heterocycles. The standard InChI is InChI=1S/C28H29ClN2O4/c29-23-15-13-21(14-16-23)19-31(26(32)20-35-24-10-5-2-6-11-24)27(22-8-3-1-4-9-22)28(33)30-18-25-12-7-17-34-25/h1-6,8-11,13-16,25,27H,7,12,17-20H2,(H,30,33)/t25-,27+/m0/s1. The summed E-state index contributed by atoms with van der Waals surface area (Å²) in [5, 5.41) is 3.61. The smallest absolute Gasteiger partial charge is 0.261 e. The highest BCUT2D eigenvalue weighted by molar-refractivity contribution is 6.30. The molecule has 1 heterocycles. The van der Waals surface area contributed by atoms with Gasteiger partial charge < -0.3 is 19.7 Å². The number of hydrogen-bond acceptors (Lipinski definition) is 4. The van der Waals surface area contributed by atoms with Gasteiger partial charge in [-0.3, -0.25) is 9.59 Å². The molecule has 4 rings (SSSR count). The average Bonchev–Trinajstić information content (AvgIpc) is 3.42. The Kier molecular flexibility index (Phi) is 8.76. The predicted molar refractivity (Wildman–Crippen MR) is 135 cm³/mol. The predicted octanol–water partition coefficient (Wildman–Crippen LogP) is 4.78. The fraction of sp³-hybridized carbons (Fsp3) is 0.286. The summed E-state index contributed by atoms with van der Waals surface area (Å²) >= 11 is 6.06. The van der Waals surface area contributed by atoms with E-state index in [1.807, 2.05) is 60.7 Å². The number of benzene rings is 3. The zero-order valence-corrected chi connectivity index (χ0v) is 20.2. The first-order chi connectivity index (χ1) is 17.1. The number of carbonyl (C=O) groups is 2. The van der Waals surface area contributed by atoms with Crippen molar-refractivity contribution >= 4 is 23.4 Å². The lowest BCUT2D eigenvalue weighted by Gasteiger charge is -2.32. The number of para-hydroxylation sites is 1. The van der Waals surface area contributed by atoms with E-state index in [2.05, 4.69) is 5.32 Å². The molecule has 1 fully saturated rings. The Bertz CT molecular complexity index is 1090. The Morgan fingerprint density at radius 3 is 2.34 bits per heavy atom. The van der Waals surface area contributed by atoms with Crippen molar-refractivity contribution in [2.45, 2.75) is 31.5 Å². The molecule has 6 nitrogen and oxygen atoms in total. The van der Waals surface area contributed by atoms with Crippen molar-refractivity contribution in [2.24, 2.45) is 0 Å². The largest absolute Gasteiger partial charge is 0.484 e. The summed E-state index contributed by atoms with van der Waals surface area (Å²) in [5.74, 6) is 0.0324. The van der Waals surface area contributed by atoms with Gasteiger partial charge in [0.05, 0.1) is 6.10 Å². The molecular weight excluding hydrogens is 464 g/mol. The molecule has 2 amide bonds. The van der Waals surface area contributed by atoms with Crippen molar-refractivity contribution in [2.75, 3.05) is 19.8 Å². The molecule has 1 aliphatic rings. The third-order valence-electron chi connectivity index (χ3n) is 5.90. The van der Waals surface area contributed by atoms with Gasteiger partial charge in [-0.1, -0.05) is 72.3 Å². The molecule has 0 spiro atoms. The molecule has 35 heavy (non-hydrogen) atoms. The Morgan fingerprint density at radius 2 is 1.69 bits per heavy atom. The lowest BCUT2D eigenvalue weighted by atomic mass is 10.0. The van der Waals surface area contributed by atoms with E-state index in [0.717, 1.165) is 24.0 Å². The van der Waals surface area contributed by atoms with Crippen LogP contribution in [0.4, 0.5) is 0 Å². The first-order valence-corrected chi connectivity index (χ1v) is 12.1. The molecule has 0 aromatic heterocycles. The number of ether oxygens (including phenoxy) is 2. The quantitative estimate of drug-likeness (QED) is 0.442. The number of carbonyl (C=O) groups excluding carboxylic acids is 2. The van der Waals surface area contributed by atoms with E-state index in [9.17, 15) is 9.59 Å². The minimum Gasteiger partial charge on any atom is -0.484 e. The molecule has 3 aromatic carbocycles. The average molecular weight is 493 g/mol. The third kappa shape index (κ3) is 7.07. The zero-order valence-electron chi connectivity index (χ0n) is 19.4. The van der Waals surface area contributed by atoms with Crippen molar-refractivity contribution < 1.29 is 19.1 Å². The maximum atomic E-state index is 13.5. The molecule has 7 heteroatoms. The van der Waals surface area contributed by atoms with Gasteiger partial charge in [0, 0.05) is 24.7 Å². The van der Waals surface area contributed by atoms with Gasteiger partial charge in [-0.25, -0.2) is 0 Å². The monoisotopic (exact) mass is 492 g/mol. The van der Waals surface area contributed by atoms with Crippen LogP contribution in [0.2, 0.25) is 5.02 Å². The first kappa shape index (κ1) is 24.8. The first-order valence-electron chi connectivity index (χ1n) is 11.8. The van der Waals surface area contributed by atoms with Gasteiger partial charge >= 0.3 is 0 Å². The Labute approximate surface area is 210 Å². The summed E-state index contributed by atoms with van der Waals surface area (Å²) in [5.41, 5.74) is 1.58. The van der Waals surface area contributed by atoms with Crippen LogP contribution in [0.25, 0.3) is 0 Å². The fourth-order valence-electron chi connectivity index (χ4n) is 4.08. The van der Waals surface area contributed by atoms with E-state index in [1.165, 1.54) is 0 Å². The highest BCUT2D eigenvalue weighted by Crippen LogP contribution is 2.25. The molecule has 2 atom stereocenters. The van der Waals surface area contributed by atoms with Crippen LogP contribution >= 0.6 is 11.6 Å². The molecule has 3 aromatic rings. The summed E-state index contributed by atoms with van der Waals surface area (Å²) in [4.78, 5) is 28.6. The number of nitrogens with zero attached hydrogens (tertiary/aromatic N) is 1. The van der Waals surface area contributed by atoms with Gasteiger partial charge in [-0.15, -0.1) is 0 Å². The van der Waals surface area contributed by atoms with Crippen molar-refractivity contribution in [3.8, 4) is 5.75 Å². The van der Waals surface area contributed by atoms with Crippen molar-refractivity contribution in [3.63, 3.8) is 0 Å². The highest BCUT2D eigenvalue weighted by atomic mass is 35.5. The minimum absolute atomic E-state index is 0.00259. The second-order valence-electron chi connectivity index (χ2n) is 8.44. The molecule has 0 bridgehead atoms. The van der Waals surface area contributed by atoms with E-state index < -0.39 is 6.04 Å². The van der Waals surface area contributed by atoms with Crippen LogP contribution in [0.5, 0.6) is 5.75 Å². The van der Waals surface area contributed by atoms with Gasteiger partial charge in [0.15, 0.2) is 6.61 Å². The van der Waals surface area contributed by atoms with Crippen LogP contribution in [0.15, 0.2) is 84.9 Å². The summed E-state index contributed by atoms with van der Waals surface area (Å²) in [6, 6.07) is 24.9. The van der Waals surface area contributed by atoms with E-state index in [4.69, 9.17) is 21.1 Å². The highest BCUT2D eigenvalue weighted by Gasteiger charge is 2.32. The van der Waals surface area contributed by atoms with E-state index >= 15 is 0 Å². The normalized spacial score (nSPS) is 15.9. The number of amides is 2. The molecule has 1 aliphatic heterocycles. The minimum atomic E-state index is -0.833. The van der Waals surface area contributed by atoms with Gasteiger partial charge in [0.1, 0.15) is 11.8 Å². The Balaban J connectivity index is 1.60. The van der Waals surface area contributed by atoms with Crippen molar-refractivity contribution in [3.05, 3.63) is 101 Å². The van der Waals surface area contributed by atoms with Crippen LogP contribution in [-0.2, 0) is 20.9 Å². The topological polar surface area (TPSA) is 67.9 Å². The maximum absolute atomic E-state index is 13.5. The summed E-state index contributed by atoms with van der Waals surface area (Å²) < 4.78 is 11.4. The Morgan fingerprint density at radius 1 is 1.00 bits per heavy atom. The van der Waals surface area contributed by atoms with Crippen LogP contribution in [0.1, 0.15) is 30.0 Å². The summed E-state index contributed by atoms with van der Waals surface area (Å²) in [6.45, 7) is 1.15. The summed E-state index contributed by atoms with van der Waals surface area (Å²) in [6.07, 6.45) is 1.90. The summed E-state index contributed by atoms with van der Waals surface area (Å²) in [7, 11) is 0. The lowest BCUT2D eigenvalue weighted by Crippen LogP contribution is -2.46. The molecule has 0 radical (unpaired) electrons. The fourth-order valence-corrected chi connectivity index (χ4v) is 4.21. The molecule has 1 N–H and O–H groups in total. The van der Waals surface area contributed by atoms with Crippen LogP contribution in [-0.4, -0.2) is 42.6 Å². The molecule has 182 valence electrons. The molecule has 0 aliphatic carbocycles. The van der Waals surface area contributed by atoms with Crippen LogP contribution in [0.3, 0.4) is 0 Å². The van der Waals surface area contributed by atoms with E-state index in [0.29, 0.717) is 23.9 Å². The van der Waals surface area contributed by atoms with Crippen LogP contribution < -0.4 is 10.1 Å². The number of halogens is 1. The van der Waals surface area contributed by atoms with E-state index in [-0.39, 0.29) is 31.1 Å². The maximum Gasteiger partial charge on any atom is 0.261 e. The van der Waals surface area contributed by atoms with Gasteiger partial charge in [-0.2, -0.15) is 0 Å². The zero-order chi connectivity index (χ0) is 24.5. The number of nitrogens with one attached hydrogen (secondary N) is 1. The third-order valence-corrected chi connectivity index (χ3v) is 6.15. The number of rotatable bonds is 10. The van der Waals surface area contributed by atoms with Crippen molar-refractivity contribution in [1.29, 1.82) is 0 Å². The second kappa shape index (κ2) is 12.4. The van der Waals surface area contributed by atoms with Crippen molar-refractivity contribution in [1.82, 2.24) is 10.2 Å². The molecule has 0 saturated carbocycles. The molecule has 0 unspecified atom stereocenters. The second-order valence-corrected chi connectivity index (χ2v) is 8.88.